The van der Waals surface area contributed by atoms with Crippen LogP contribution in [-0.4, -0.2) is 45.5 Å². The fraction of sp³-hybridized carbons (Fsp3) is 0.409. The average molecular weight is 451 g/mol. The van der Waals surface area contributed by atoms with Gasteiger partial charge in [0, 0.05) is 18.1 Å². The van der Waals surface area contributed by atoms with E-state index in [0.717, 1.165) is 22.1 Å². The van der Waals surface area contributed by atoms with Crippen LogP contribution in [0.25, 0.3) is 0 Å². The summed E-state index contributed by atoms with van der Waals surface area (Å²) in [5, 5.41) is 2.85. The number of ether oxygens (including phenoxy) is 1. The molecule has 0 aliphatic heterocycles. The molecule has 0 aliphatic carbocycles. The molecule has 1 atom stereocenters. The molecule has 164 valence electrons. The van der Waals surface area contributed by atoms with Gasteiger partial charge in [0.1, 0.15) is 11.8 Å². The first kappa shape index (κ1) is 24.1. The Morgan fingerprint density at radius 2 is 1.83 bits per heavy atom. The van der Waals surface area contributed by atoms with Gasteiger partial charge in [-0.05, 0) is 56.2 Å². The molecular weight excluding hydrogens is 420 g/mol. The Balaban J connectivity index is 1.93. The largest absolute Gasteiger partial charge is 0.494 e. The van der Waals surface area contributed by atoms with E-state index in [9.17, 15) is 13.2 Å². The number of sulfonamides is 1. The number of hydrogen-bond donors (Lipinski definition) is 1. The molecule has 6 nitrogen and oxygen atoms in total. The second-order valence-electron chi connectivity index (χ2n) is 6.93. The van der Waals surface area contributed by atoms with Gasteiger partial charge < -0.3 is 10.1 Å². The molecule has 0 unspecified atom stereocenters. The molecule has 2 aromatic rings. The van der Waals surface area contributed by atoms with Crippen molar-refractivity contribution in [3.63, 3.8) is 0 Å². The van der Waals surface area contributed by atoms with E-state index >= 15 is 0 Å². The Morgan fingerprint density at radius 1 is 1.17 bits per heavy atom. The number of anilines is 1. The molecule has 1 N–H and O–H groups in total. The Labute approximate surface area is 184 Å². The van der Waals surface area contributed by atoms with Crippen LogP contribution in [0.2, 0.25) is 0 Å². The predicted molar refractivity (Wildman–Crippen MR) is 125 cm³/mol. The normalized spacial score (nSPS) is 12.3. The molecule has 0 fully saturated rings. The summed E-state index contributed by atoms with van der Waals surface area (Å²) in [6.07, 6.45) is 1.10. The van der Waals surface area contributed by atoms with E-state index in [0.29, 0.717) is 24.6 Å². The topological polar surface area (TPSA) is 75.7 Å². The van der Waals surface area contributed by atoms with E-state index in [1.807, 2.05) is 19.1 Å². The molecule has 0 spiro atoms. The van der Waals surface area contributed by atoms with Gasteiger partial charge in [-0.1, -0.05) is 24.3 Å². The van der Waals surface area contributed by atoms with Crippen molar-refractivity contribution in [1.82, 2.24) is 5.32 Å². The molecule has 2 rings (SSSR count). The van der Waals surface area contributed by atoms with Crippen molar-refractivity contribution in [2.75, 3.05) is 29.5 Å². The summed E-state index contributed by atoms with van der Waals surface area (Å²) in [4.78, 5) is 12.6. The number of benzene rings is 2. The van der Waals surface area contributed by atoms with Crippen molar-refractivity contribution < 1.29 is 17.9 Å². The minimum Gasteiger partial charge on any atom is -0.494 e. The highest BCUT2D eigenvalue weighted by atomic mass is 32.2. The lowest BCUT2D eigenvalue weighted by atomic mass is 10.1. The van der Waals surface area contributed by atoms with E-state index in [2.05, 4.69) is 24.4 Å². The molecular formula is C22H30N2O4S2. The van der Waals surface area contributed by atoms with Crippen LogP contribution in [0.5, 0.6) is 5.75 Å². The van der Waals surface area contributed by atoms with Gasteiger partial charge in [-0.3, -0.25) is 9.10 Å². The molecule has 0 aliphatic rings. The highest BCUT2D eigenvalue weighted by molar-refractivity contribution is 7.98. The van der Waals surface area contributed by atoms with Crippen molar-refractivity contribution in [3.8, 4) is 5.75 Å². The standard InChI is InChI=1S/C22H30N2O4S2/c1-5-28-21-12-10-20(11-13-21)24(30(4,26)27)18(3)22(25)23-14-15-29-16-19-9-7-6-8-17(19)2/h6-13,18H,5,14-16H2,1-4H3,(H,23,25)/t18-/m1/s1. The van der Waals surface area contributed by atoms with Gasteiger partial charge in [0.15, 0.2) is 0 Å². The van der Waals surface area contributed by atoms with Crippen LogP contribution in [0.4, 0.5) is 5.69 Å². The van der Waals surface area contributed by atoms with Gasteiger partial charge in [0.2, 0.25) is 15.9 Å². The molecule has 1 amide bonds. The number of amides is 1. The van der Waals surface area contributed by atoms with E-state index in [-0.39, 0.29) is 5.91 Å². The maximum Gasteiger partial charge on any atom is 0.243 e. The second-order valence-corrected chi connectivity index (χ2v) is 9.90. The third-order valence-electron chi connectivity index (χ3n) is 4.56. The zero-order chi connectivity index (χ0) is 22.1. The summed E-state index contributed by atoms with van der Waals surface area (Å²) in [5.74, 6) is 1.94. The minimum absolute atomic E-state index is 0.328. The van der Waals surface area contributed by atoms with Crippen molar-refractivity contribution in [3.05, 3.63) is 59.7 Å². The van der Waals surface area contributed by atoms with Crippen LogP contribution in [0.1, 0.15) is 25.0 Å². The molecule has 30 heavy (non-hydrogen) atoms. The highest BCUT2D eigenvalue weighted by Gasteiger charge is 2.28. The summed E-state index contributed by atoms with van der Waals surface area (Å²) >= 11 is 1.73. The summed E-state index contributed by atoms with van der Waals surface area (Å²) in [6, 6.07) is 14.1. The van der Waals surface area contributed by atoms with E-state index in [1.54, 1.807) is 43.0 Å². The number of hydrogen-bond acceptors (Lipinski definition) is 5. The number of carbonyl (C=O) groups is 1. The fourth-order valence-electron chi connectivity index (χ4n) is 3.01. The average Bonchev–Trinajstić information content (AvgIpc) is 2.69. The molecule has 0 radical (unpaired) electrons. The quantitative estimate of drug-likeness (QED) is 0.530. The summed E-state index contributed by atoms with van der Waals surface area (Å²) in [6.45, 7) is 6.55. The molecule has 0 bridgehead atoms. The Hall–Kier alpha value is -2.19. The Morgan fingerprint density at radius 3 is 2.43 bits per heavy atom. The maximum absolute atomic E-state index is 12.6. The zero-order valence-electron chi connectivity index (χ0n) is 17.9. The van der Waals surface area contributed by atoms with Crippen molar-refractivity contribution in [2.45, 2.75) is 32.6 Å². The molecule has 0 heterocycles. The zero-order valence-corrected chi connectivity index (χ0v) is 19.6. The number of thioether (sulfide) groups is 1. The van der Waals surface area contributed by atoms with Gasteiger partial charge in [-0.2, -0.15) is 11.8 Å². The van der Waals surface area contributed by atoms with Crippen LogP contribution < -0.4 is 14.4 Å². The lowest BCUT2D eigenvalue weighted by molar-refractivity contribution is -0.121. The van der Waals surface area contributed by atoms with Crippen molar-refractivity contribution in [1.29, 1.82) is 0 Å². The van der Waals surface area contributed by atoms with Crippen molar-refractivity contribution >= 4 is 33.4 Å². The fourth-order valence-corrected chi connectivity index (χ4v) is 5.12. The first-order valence-electron chi connectivity index (χ1n) is 9.86. The minimum atomic E-state index is -3.64. The Kier molecular flexibility index (Phi) is 9.05. The summed E-state index contributed by atoms with van der Waals surface area (Å²) in [7, 11) is -3.64. The van der Waals surface area contributed by atoms with Crippen LogP contribution in [-0.2, 0) is 20.6 Å². The van der Waals surface area contributed by atoms with Crippen LogP contribution >= 0.6 is 11.8 Å². The van der Waals surface area contributed by atoms with Gasteiger partial charge in [-0.25, -0.2) is 8.42 Å². The first-order chi connectivity index (χ1) is 14.2. The maximum atomic E-state index is 12.6. The summed E-state index contributed by atoms with van der Waals surface area (Å²) in [5.41, 5.74) is 2.96. The predicted octanol–water partition coefficient (Wildman–Crippen LogP) is 3.60. The number of nitrogens with one attached hydrogen (secondary N) is 1. The Bertz CT molecular complexity index is 930. The van der Waals surface area contributed by atoms with Crippen LogP contribution in [0, 0.1) is 6.92 Å². The third kappa shape index (κ3) is 6.95. The van der Waals surface area contributed by atoms with Crippen molar-refractivity contribution in [2.24, 2.45) is 0 Å². The summed E-state index contributed by atoms with van der Waals surface area (Å²) < 4.78 is 31.3. The van der Waals surface area contributed by atoms with E-state index < -0.39 is 16.1 Å². The highest BCUT2D eigenvalue weighted by Crippen LogP contribution is 2.24. The van der Waals surface area contributed by atoms with Crippen LogP contribution in [0.15, 0.2) is 48.5 Å². The van der Waals surface area contributed by atoms with E-state index in [1.165, 1.54) is 11.1 Å². The SMILES string of the molecule is CCOc1ccc(N([C@H](C)C(=O)NCCSCc2ccccc2C)S(C)(=O)=O)cc1. The van der Waals surface area contributed by atoms with Gasteiger partial charge in [0.25, 0.3) is 0 Å². The number of aryl methyl sites for hydroxylation is 1. The second kappa shape index (κ2) is 11.3. The van der Waals surface area contributed by atoms with Gasteiger partial charge in [0.05, 0.1) is 18.6 Å². The van der Waals surface area contributed by atoms with Gasteiger partial charge in [-0.15, -0.1) is 0 Å². The van der Waals surface area contributed by atoms with E-state index in [4.69, 9.17) is 4.74 Å². The number of rotatable bonds is 11. The van der Waals surface area contributed by atoms with Gasteiger partial charge >= 0.3 is 0 Å². The third-order valence-corrected chi connectivity index (χ3v) is 6.80. The van der Waals surface area contributed by atoms with Crippen LogP contribution in [0.3, 0.4) is 0 Å². The lowest BCUT2D eigenvalue weighted by Gasteiger charge is -2.28. The number of carbonyl (C=O) groups excluding carboxylic acids is 1. The molecule has 0 aromatic heterocycles. The monoisotopic (exact) mass is 450 g/mol. The molecule has 0 saturated carbocycles. The molecule has 2 aromatic carbocycles. The number of nitrogens with zero attached hydrogens (tertiary/aromatic N) is 1. The first-order valence-corrected chi connectivity index (χ1v) is 12.9. The lowest BCUT2D eigenvalue weighted by Crippen LogP contribution is -2.48. The smallest absolute Gasteiger partial charge is 0.243 e. The molecule has 0 saturated heterocycles. The molecule has 8 heteroatoms.